The van der Waals surface area contributed by atoms with E-state index in [0.717, 1.165) is 63.2 Å². The number of nitrogens with one attached hydrogen (secondary N) is 3. The lowest BCUT2D eigenvalue weighted by molar-refractivity contribution is -0.131. The number of allylic oxidation sites excluding steroid dienone is 1. The SMILES string of the molecule is CCCCCN/C(=C\C(=O)n1cc(-c2ccc(Cl)cc2)[nH]1)NCC(=O)N1CCN(C)CC1. The Morgan fingerprint density at radius 1 is 1.09 bits per heavy atom. The van der Waals surface area contributed by atoms with Crippen LogP contribution in [0.25, 0.3) is 11.3 Å². The molecule has 1 aliphatic heterocycles. The summed E-state index contributed by atoms with van der Waals surface area (Å²) in [5.74, 6) is 0.378. The van der Waals surface area contributed by atoms with Crippen molar-refractivity contribution in [3.05, 3.63) is 47.4 Å². The maximum absolute atomic E-state index is 12.7. The second-order valence-electron chi connectivity index (χ2n) is 8.10. The molecule has 0 radical (unpaired) electrons. The monoisotopic (exact) mass is 460 g/mol. The van der Waals surface area contributed by atoms with Gasteiger partial charge >= 0.3 is 0 Å². The topological polar surface area (TPSA) is 85.4 Å². The van der Waals surface area contributed by atoms with Gasteiger partial charge in [0.15, 0.2) is 0 Å². The molecule has 1 saturated heterocycles. The Morgan fingerprint density at radius 3 is 2.44 bits per heavy atom. The van der Waals surface area contributed by atoms with Crippen LogP contribution in [-0.2, 0) is 4.79 Å². The largest absolute Gasteiger partial charge is 0.372 e. The summed E-state index contributed by atoms with van der Waals surface area (Å²) < 4.78 is 1.42. The van der Waals surface area contributed by atoms with Gasteiger partial charge in [0, 0.05) is 49.4 Å². The van der Waals surface area contributed by atoms with E-state index in [9.17, 15) is 9.59 Å². The van der Waals surface area contributed by atoms with Crippen molar-refractivity contribution in [1.82, 2.24) is 30.2 Å². The highest BCUT2D eigenvalue weighted by molar-refractivity contribution is 6.30. The summed E-state index contributed by atoms with van der Waals surface area (Å²) in [5, 5.41) is 10.1. The number of nitrogens with zero attached hydrogens (tertiary/aromatic N) is 3. The van der Waals surface area contributed by atoms with Crippen LogP contribution in [0.15, 0.2) is 42.4 Å². The fourth-order valence-electron chi connectivity index (χ4n) is 3.44. The first kappa shape index (κ1) is 23.9. The molecule has 2 heterocycles. The molecular weight excluding hydrogens is 428 g/mol. The molecule has 3 N–H and O–H groups in total. The summed E-state index contributed by atoms with van der Waals surface area (Å²) in [6, 6.07) is 7.41. The van der Waals surface area contributed by atoms with Gasteiger partial charge in [-0.1, -0.05) is 43.5 Å². The quantitative estimate of drug-likeness (QED) is 0.375. The van der Waals surface area contributed by atoms with E-state index >= 15 is 0 Å². The molecule has 1 aromatic heterocycles. The predicted molar refractivity (Wildman–Crippen MR) is 128 cm³/mol. The van der Waals surface area contributed by atoms with Crippen molar-refractivity contribution in [2.24, 2.45) is 0 Å². The van der Waals surface area contributed by atoms with Crippen LogP contribution in [0, 0.1) is 0 Å². The maximum Gasteiger partial charge on any atom is 0.272 e. The number of aromatic amines is 1. The van der Waals surface area contributed by atoms with Crippen LogP contribution in [0.2, 0.25) is 5.02 Å². The van der Waals surface area contributed by atoms with Crippen molar-refractivity contribution in [3.63, 3.8) is 0 Å². The minimum Gasteiger partial charge on any atom is -0.372 e. The molecule has 0 saturated carbocycles. The number of hydrogen-bond acceptors (Lipinski definition) is 5. The number of rotatable bonds is 10. The third-order valence-corrected chi connectivity index (χ3v) is 5.79. The summed E-state index contributed by atoms with van der Waals surface area (Å²) in [5.41, 5.74) is 1.80. The van der Waals surface area contributed by atoms with Crippen LogP contribution in [0.5, 0.6) is 0 Å². The van der Waals surface area contributed by atoms with E-state index < -0.39 is 0 Å². The molecule has 3 rings (SSSR count). The molecule has 0 atom stereocenters. The van der Waals surface area contributed by atoms with Gasteiger partial charge in [-0.3, -0.25) is 14.7 Å². The molecule has 174 valence electrons. The predicted octanol–water partition coefficient (Wildman–Crippen LogP) is 2.76. The lowest BCUT2D eigenvalue weighted by Crippen LogP contribution is -2.49. The number of halogens is 1. The molecule has 0 unspecified atom stereocenters. The van der Waals surface area contributed by atoms with E-state index in [4.69, 9.17) is 11.6 Å². The molecule has 0 bridgehead atoms. The van der Waals surface area contributed by atoms with Crippen LogP contribution < -0.4 is 10.6 Å². The number of unbranched alkanes of at least 4 members (excludes halogenated alkanes) is 2. The molecule has 1 fully saturated rings. The van der Waals surface area contributed by atoms with Crippen molar-refractivity contribution in [1.29, 1.82) is 0 Å². The van der Waals surface area contributed by atoms with Crippen molar-refractivity contribution in [2.75, 3.05) is 46.3 Å². The average molecular weight is 461 g/mol. The van der Waals surface area contributed by atoms with Gasteiger partial charge in [-0.15, -0.1) is 0 Å². The van der Waals surface area contributed by atoms with Crippen LogP contribution in [0.1, 0.15) is 31.0 Å². The van der Waals surface area contributed by atoms with Gasteiger partial charge in [0.2, 0.25) is 5.91 Å². The van der Waals surface area contributed by atoms with E-state index in [1.165, 1.54) is 10.8 Å². The Balaban J connectivity index is 1.59. The molecule has 1 aromatic carbocycles. The lowest BCUT2D eigenvalue weighted by Gasteiger charge is -2.32. The normalized spacial score (nSPS) is 15.1. The van der Waals surface area contributed by atoms with E-state index in [2.05, 4.69) is 34.6 Å². The number of likely N-dealkylation sites (N-methyl/N-ethyl adjacent to an activating group) is 1. The highest BCUT2D eigenvalue weighted by Gasteiger charge is 2.19. The van der Waals surface area contributed by atoms with E-state index in [0.29, 0.717) is 10.8 Å². The van der Waals surface area contributed by atoms with E-state index in [-0.39, 0.29) is 18.4 Å². The Labute approximate surface area is 194 Å². The summed E-state index contributed by atoms with van der Waals surface area (Å²) in [6.45, 7) is 6.26. The standard InChI is InChI=1S/C23H33ClN6O2/c1-3-4-5-10-25-21(26-16-23(32)29-13-11-28(2)12-14-29)15-22(31)30-17-20(27-30)18-6-8-19(24)9-7-18/h6-9,15,17,25-27H,3-5,10-14,16H2,1-2H3/b21-15+. The van der Waals surface area contributed by atoms with Gasteiger partial charge in [-0.2, -0.15) is 0 Å². The van der Waals surface area contributed by atoms with Crippen LogP contribution >= 0.6 is 11.6 Å². The molecule has 1 amide bonds. The summed E-state index contributed by atoms with van der Waals surface area (Å²) >= 11 is 5.93. The van der Waals surface area contributed by atoms with Crippen molar-refractivity contribution in [3.8, 4) is 11.3 Å². The highest BCUT2D eigenvalue weighted by Crippen LogP contribution is 2.20. The average Bonchev–Trinajstić information content (AvgIpc) is 2.75. The third-order valence-electron chi connectivity index (χ3n) is 5.54. The first-order valence-corrected chi connectivity index (χ1v) is 11.6. The Kier molecular flexibility index (Phi) is 8.81. The zero-order valence-corrected chi connectivity index (χ0v) is 19.6. The first-order valence-electron chi connectivity index (χ1n) is 11.2. The molecular formula is C23H33ClN6O2. The number of hydrogen-bond donors (Lipinski definition) is 3. The number of carbonyl (C=O) groups is 2. The number of carbonyl (C=O) groups excluding carboxylic acids is 2. The van der Waals surface area contributed by atoms with Crippen LogP contribution in [0.3, 0.4) is 0 Å². The number of H-pyrrole nitrogens is 1. The zero-order chi connectivity index (χ0) is 22.9. The fourth-order valence-corrected chi connectivity index (χ4v) is 3.56. The first-order chi connectivity index (χ1) is 15.5. The van der Waals surface area contributed by atoms with Gasteiger partial charge in [0.25, 0.3) is 5.91 Å². The number of amides is 1. The summed E-state index contributed by atoms with van der Waals surface area (Å²) in [4.78, 5) is 29.3. The second-order valence-corrected chi connectivity index (χ2v) is 8.54. The van der Waals surface area contributed by atoms with Crippen LogP contribution in [0.4, 0.5) is 0 Å². The van der Waals surface area contributed by atoms with Gasteiger partial charge in [-0.05, 0) is 25.6 Å². The maximum atomic E-state index is 12.7. The minimum absolute atomic E-state index is 0.0406. The van der Waals surface area contributed by atoms with Crippen LogP contribution in [-0.4, -0.2) is 77.7 Å². The molecule has 0 spiro atoms. The van der Waals surface area contributed by atoms with Gasteiger partial charge in [-0.25, -0.2) is 4.68 Å². The van der Waals surface area contributed by atoms with Gasteiger partial charge in [0.05, 0.1) is 18.4 Å². The molecule has 9 heteroatoms. The zero-order valence-electron chi connectivity index (χ0n) is 18.9. The van der Waals surface area contributed by atoms with E-state index in [1.54, 1.807) is 6.20 Å². The molecule has 1 aliphatic rings. The fraction of sp³-hybridized carbons (Fsp3) is 0.478. The Hall–Kier alpha value is -2.71. The lowest BCUT2D eigenvalue weighted by atomic mass is 10.1. The Bertz CT molecular complexity index is 897. The molecule has 2 aromatic rings. The summed E-state index contributed by atoms with van der Waals surface area (Å²) in [6.07, 6.45) is 6.45. The van der Waals surface area contributed by atoms with Crippen molar-refractivity contribution in [2.45, 2.75) is 26.2 Å². The van der Waals surface area contributed by atoms with E-state index in [1.807, 2.05) is 29.2 Å². The van der Waals surface area contributed by atoms with Gasteiger partial charge in [0.1, 0.15) is 5.82 Å². The smallest absolute Gasteiger partial charge is 0.272 e. The molecule has 8 nitrogen and oxygen atoms in total. The number of benzene rings is 1. The number of piperazine rings is 1. The van der Waals surface area contributed by atoms with Crippen molar-refractivity contribution >= 4 is 23.4 Å². The molecule has 32 heavy (non-hydrogen) atoms. The second kappa shape index (κ2) is 11.8. The summed E-state index contributed by atoms with van der Waals surface area (Å²) in [7, 11) is 2.06. The van der Waals surface area contributed by atoms with Crippen molar-refractivity contribution < 1.29 is 9.59 Å². The van der Waals surface area contributed by atoms with Gasteiger partial charge < -0.3 is 20.4 Å². The molecule has 0 aliphatic carbocycles. The number of aromatic nitrogens is 2. The minimum atomic E-state index is -0.222. The third kappa shape index (κ3) is 6.90. The Morgan fingerprint density at radius 2 is 1.78 bits per heavy atom. The highest BCUT2D eigenvalue weighted by atomic mass is 35.5.